The molecule has 7 nitrogen and oxygen atoms in total. The molecule has 0 unspecified atom stereocenters. The van der Waals surface area contributed by atoms with Crippen LogP contribution in [0.1, 0.15) is 0 Å². The zero-order chi connectivity index (χ0) is 24.3. The van der Waals surface area contributed by atoms with Gasteiger partial charge in [0.1, 0.15) is 0 Å². The third kappa shape index (κ3) is 7.70. The van der Waals surface area contributed by atoms with Gasteiger partial charge < -0.3 is 28.5 Å². The Kier molecular flexibility index (Phi) is 10.1. The number of nitrogens with zero attached hydrogens (tertiary/aromatic N) is 7. The van der Waals surface area contributed by atoms with E-state index in [9.17, 15) is 0 Å². The molecule has 6 rings (SSSR count). The summed E-state index contributed by atoms with van der Waals surface area (Å²) in [6.45, 7) is 0. The molecule has 183 valence electrons. The predicted molar refractivity (Wildman–Crippen MR) is 130 cm³/mol. The molecule has 0 bridgehead atoms. The van der Waals surface area contributed by atoms with E-state index in [1.807, 2.05) is 130 Å². The van der Waals surface area contributed by atoms with Crippen LogP contribution in [-0.2, 0) is 34.2 Å². The summed E-state index contributed by atoms with van der Waals surface area (Å²) in [6.07, 6.45) is 17.4. The Bertz CT molecular complexity index is 1320. The summed E-state index contributed by atoms with van der Waals surface area (Å²) in [4.78, 5) is 4.12. The van der Waals surface area contributed by atoms with Crippen LogP contribution in [0.5, 0.6) is 0 Å². The van der Waals surface area contributed by atoms with Crippen molar-refractivity contribution in [1.82, 2.24) is 24.3 Å². The molecule has 0 atom stereocenters. The Morgan fingerprint density at radius 2 is 1.31 bits per heavy atom. The van der Waals surface area contributed by atoms with Gasteiger partial charge in [0.05, 0.1) is 14.1 Å². The molecule has 0 spiro atoms. The van der Waals surface area contributed by atoms with Crippen molar-refractivity contribution in [2.45, 2.75) is 0 Å². The van der Waals surface area contributed by atoms with Gasteiger partial charge in [-0.3, -0.25) is 4.98 Å². The van der Waals surface area contributed by atoms with Gasteiger partial charge in [0.25, 0.3) is 0 Å². The number of benzene rings is 2. The molecule has 4 heterocycles. The van der Waals surface area contributed by atoms with Crippen molar-refractivity contribution in [3.8, 4) is 22.8 Å². The summed E-state index contributed by atoms with van der Waals surface area (Å²) in [5, 5.41) is 7.58. The van der Waals surface area contributed by atoms with Crippen molar-refractivity contribution in [1.29, 1.82) is 0 Å². The van der Waals surface area contributed by atoms with Crippen LogP contribution in [-0.4, -0.2) is 19.2 Å². The van der Waals surface area contributed by atoms with Gasteiger partial charge in [-0.15, -0.1) is 0 Å². The minimum atomic E-state index is 0. The molecule has 0 aliphatic carbocycles. The topological polar surface area (TPSA) is 57.5 Å². The van der Waals surface area contributed by atoms with E-state index in [1.54, 1.807) is 12.4 Å². The van der Waals surface area contributed by atoms with E-state index in [4.69, 9.17) is 0 Å². The van der Waals surface area contributed by atoms with Crippen LogP contribution in [0.3, 0.4) is 0 Å². The van der Waals surface area contributed by atoms with E-state index in [0.29, 0.717) is 0 Å². The van der Waals surface area contributed by atoms with Gasteiger partial charge in [-0.05, 0) is 12.1 Å². The van der Waals surface area contributed by atoms with Gasteiger partial charge in [-0.2, -0.15) is 60.7 Å². The normalized spacial score (nSPS) is 9.72. The van der Waals surface area contributed by atoms with Crippen LogP contribution in [0.15, 0.2) is 110 Å². The van der Waals surface area contributed by atoms with Crippen LogP contribution in [0.25, 0.3) is 22.8 Å². The predicted octanol–water partition coefficient (Wildman–Crippen LogP) is 2.90. The molecule has 0 amide bonds. The first-order valence-corrected chi connectivity index (χ1v) is 10.9. The molecule has 1 radical (unpaired) electrons. The zero-order valence-electron chi connectivity index (χ0n) is 19.9. The number of aromatic nitrogens is 7. The van der Waals surface area contributed by atoms with E-state index in [-0.39, 0.29) is 20.1 Å². The molecule has 8 heteroatoms. The SMILES string of the molecule is C[n+]1[c-]n(-c2[c-]cccc2)cc1.C[n+]1[c-]n(-c2[c-]cccc2)cc1.[Ir].c1ccc(-c2ccn[n-]2)nc1. The summed E-state index contributed by atoms with van der Waals surface area (Å²) < 4.78 is 7.56. The molecule has 4 aromatic heterocycles. The minimum Gasteiger partial charge on any atom is -0.574 e. The first-order valence-electron chi connectivity index (χ1n) is 10.9. The van der Waals surface area contributed by atoms with E-state index >= 15 is 0 Å². The van der Waals surface area contributed by atoms with Crippen LogP contribution < -0.4 is 14.2 Å². The van der Waals surface area contributed by atoms with E-state index in [2.05, 4.69) is 40.0 Å². The number of imidazole rings is 2. The molecule has 0 saturated carbocycles. The van der Waals surface area contributed by atoms with Crippen molar-refractivity contribution in [3.05, 3.63) is 135 Å². The summed E-state index contributed by atoms with van der Waals surface area (Å²) in [5.41, 5.74) is 3.71. The summed E-state index contributed by atoms with van der Waals surface area (Å²) in [5.74, 6) is 0. The first kappa shape index (κ1) is 26.5. The Hall–Kier alpha value is -4.13. The summed E-state index contributed by atoms with van der Waals surface area (Å²) in [7, 11) is 3.89. The number of hydrogen-bond acceptors (Lipinski definition) is 2. The maximum absolute atomic E-state index is 4.12. The largest absolute Gasteiger partial charge is 0.574 e. The molecular formula is C28H24IrN7-3. The molecule has 2 aromatic carbocycles. The fourth-order valence-electron chi connectivity index (χ4n) is 3.03. The molecule has 0 saturated heterocycles. The molecule has 6 aromatic rings. The molecule has 0 N–H and O–H groups in total. The van der Waals surface area contributed by atoms with Crippen molar-refractivity contribution < 1.29 is 29.2 Å². The van der Waals surface area contributed by atoms with Crippen molar-refractivity contribution in [2.24, 2.45) is 14.1 Å². The Morgan fingerprint density at radius 1 is 0.722 bits per heavy atom. The van der Waals surface area contributed by atoms with Crippen molar-refractivity contribution in [2.75, 3.05) is 0 Å². The summed E-state index contributed by atoms with van der Waals surface area (Å²) in [6, 6.07) is 29.4. The van der Waals surface area contributed by atoms with Crippen LogP contribution in [0.2, 0.25) is 0 Å². The second-order valence-corrected chi connectivity index (χ2v) is 7.39. The smallest absolute Gasteiger partial charge is 0.241 e. The number of rotatable bonds is 3. The number of para-hydroxylation sites is 2. The van der Waals surface area contributed by atoms with E-state index < -0.39 is 0 Å². The number of pyridine rings is 1. The third-order valence-electron chi connectivity index (χ3n) is 4.71. The number of hydrogen-bond donors (Lipinski definition) is 0. The quantitative estimate of drug-likeness (QED) is 0.219. The van der Waals surface area contributed by atoms with Crippen LogP contribution >= 0.6 is 0 Å². The third-order valence-corrected chi connectivity index (χ3v) is 4.71. The van der Waals surface area contributed by atoms with Crippen LogP contribution in [0, 0.1) is 24.8 Å². The molecule has 36 heavy (non-hydrogen) atoms. The van der Waals surface area contributed by atoms with Gasteiger partial charge in [0, 0.05) is 63.0 Å². The van der Waals surface area contributed by atoms with Gasteiger partial charge in [-0.25, -0.2) is 0 Å². The first-order chi connectivity index (χ1) is 17.2. The standard InChI is InChI=1S/2C10H9N2.C8H6N3.Ir/c2*1-11-7-8-12(9-11)10-5-3-2-4-6-10;1-2-5-9-7(3-1)8-4-6-10-11-8;/h2*2-5,7-8H,1H3;1-6H;/q3*-1;. The fraction of sp³-hybridized carbons (Fsp3) is 0.0714. The van der Waals surface area contributed by atoms with Crippen molar-refractivity contribution in [3.63, 3.8) is 0 Å². The molecule has 0 fully saturated rings. The molecule has 0 aliphatic rings. The second kappa shape index (κ2) is 13.7. The Labute approximate surface area is 224 Å². The molecular weight excluding hydrogens is 627 g/mol. The number of aryl methyl sites for hydroxylation is 2. The second-order valence-electron chi connectivity index (χ2n) is 7.39. The fourth-order valence-corrected chi connectivity index (χ4v) is 3.03. The maximum atomic E-state index is 4.12. The maximum Gasteiger partial charge on any atom is 0.241 e. The summed E-state index contributed by atoms with van der Waals surface area (Å²) >= 11 is 0. The molecule has 0 aliphatic heterocycles. The Morgan fingerprint density at radius 3 is 1.69 bits per heavy atom. The van der Waals surface area contributed by atoms with Gasteiger partial charge >= 0.3 is 0 Å². The van der Waals surface area contributed by atoms with E-state index in [0.717, 1.165) is 22.8 Å². The van der Waals surface area contributed by atoms with E-state index in [1.165, 1.54) is 0 Å². The minimum absolute atomic E-state index is 0. The van der Waals surface area contributed by atoms with Gasteiger partial charge in [0.15, 0.2) is 0 Å². The van der Waals surface area contributed by atoms with Gasteiger partial charge in [0.2, 0.25) is 12.7 Å². The zero-order valence-corrected chi connectivity index (χ0v) is 22.3. The Balaban J connectivity index is 0.000000149. The van der Waals surface area contributed by atoms with Crippen molar-refractivity contribution >= 4 is 0 Å². The van der Waals surface area contributed by atoms with Gasteiger partial charge in [-0.1, -0.05) is 29.2 Å². The monoisotopic (exact) mass is 651 g/mol. The average molecular weight is 651 g/mol. The average Bonchev–Trinajstić information content (AvgIpc) is 3.69. The van der Waals surface area contributed by atoms with Crippen LogP contribution in [0.4, 0.5) is 0 Å².